The molecular formula is C23H25ClN4O2S. The largest absolute Gasteiger partial charge is 0.443 e. The lowest BCUT2D eigenvalue weighted by atomic mass is 9.97. The summed E-state index contributed by atoms with van der Waals surface area (Å²) in [6, 6.07) is 13.9. The normalized spacial score (nSPS) is 14.5. The number of carbonyl (C=O) groups excluding carboxylic acids is 1. The summed E-state index contributed by atoms with van der Waals surface area (Å²) in [5.41, 5.74) is 2.82. The van der Waals surface area contributed by atoms with Crippen molar-refractivity contribution in [2.45, 2.75) is 32.3 Å². The van der Waals surface area contributed by atoms with Crippen LogP contribution in [0.3, 0.4) is 0 Å². The maximum absolute atomic E-state index is 11.5. The Morgan fingerprint density at radius 3 is 2.71 bits per heavy atom. The molecule has 31 heavy (non-hydrogen) atoms. The number of hydrogen-bond donors (Lipinski definition) is 1. The van der Waals surface area contributed by atoms with Crippen LogP contribution in [-0.4, -0.2) is 35.7 Å². The molecule has 1 amide bonds. The van der Waals surface area contributed by atoms with Crippen molar-refractivity contribution in [2.75, 3.05) is 24.5 Å². The number of hydrogen-bond acceptors (Lipinski definition) is 6. The summed E-state index contributed by atoms with van der Waals surface area (Å²) < 4.78 is 5.17. The third-order valence-corrected chi connectivity index (χ3v) is 6.59. The summed E-state index contributed by atoms with van der Waals surface area (Å²) >= 11 is 7.66. The quantitative estimate of drug-likeness (QED) is 0.531. The van der Waals surface area contributed by atoms with Crippen molar-refractivity contribution >= 4 is 34.8 Å². The second kappa shape index (κ2) is 10.1. The first kappa shape index (κ1) is 21.6. The summed E-state index contributed by atoms with van der Waals surface area (Å²) in [7, 11) is 0. The standard InChI is InChI=1S/C23H25ClN4O2S/c1-2-25-23(29)30-14-19-15-31-22(26-19)17-10-12-28(13-11-17)21-5-3-4-20(27-21)16-6-8-18(24)9-7-16/h3-9,15,17H,2,10-14H2,1H3,(H,25,29). The van der Waals surface area contributed by atoms with E-state index in [-0.39, 0.29) is 6.61 Å². The van der Waals surface area contributed by atoms with E-state index in [2.05, 4.69) is 22.3 Å². The SMILES string of the molecule is CCNC(=O)OCc1csc(C2CCN(c3cccc(-c4ccc(Cl)cc4)n3)CC2)n1. The predicted molar refractivity (Wildman–Crippen MR) is 125 cm³/mol. The van der Waals surface area contributed by atoms with E-state index < -0.39 is 6.09 Å². The van der Waals surface area contributed by atoms with Crippen molar-refractivity contribution < 1.29 is 9.53 Å². The molecule has 8 heteroatoms. The molecule has 1 saturated heterocycles. The smallest absolute Gasteiger partial charge is 0.407 e. The van der Waals surface area contributed by atoms with Gasteiger partial charge in [-0.3, -0.25) is 0 Å². The van der Waals surface area contributed by atoms with Gasteiger partial charge in [-0.25, -0.2) is 14.8 Å². The third kappa shape index (κ3) is 5.54. The molecule has 6 nitrogen and oxygen atoms in total. The lowest BCUT2D eigenvalue weighted by Crippen LogP contribution is -2.33. The number of nitrogens with zero attached hydrogens (tertiary/aromatic N) is 3. The fraction of sp³-hybridized carbons (Fsp3) is 0.348. The van der Waals surface area contributed by atoms with Gasteiger partial charge in [-0.2, -0.15) is 0 Å². The number of pyridine rings is 1. The molecule has 1 N–H and O–H groups in total. The van der Waals surface area contributed by atoms with Gasteiger partial charge in [-0.15, -0.1) is 11.3 Å². The van der Waals surface area contributed by atoms with E-state index in [1.807, 2.05) is 42.6 Å². The van der Waals surface area contributed by atoms with Crippen LogP contribution < -0.4 is 10.2 Å². The lowest BCUT2D eigenvalue weighted by Gasteiger charge is -2.32. The number of benzene rings is 1. The van der Waals surface area contributed by atoms with E-state index in [0.29, 0.717) is 12.5 Å². The summed E-state index contributed by atoms with van der Waals surface area (Å²) in [5.74, 6) is 1.43. The molecular weight excluding hydrogens is 432 g/mol. The first-order chi connectivity index (χ1) is 15.1. The molecule has 0 radical (unpaired) electrons. The molecule has 0 atom stereocenters. The minimum absolute atomic E-state index is 0.211. The van der Waals surface area contributed by atoms with Gasteiger partial charge >= 0.3 is 6.09 Å². The van der Waals surface area contributed by atoms with Crippen LogP contribution in [0.5, 0.6) is 0 Å². The van der Waals surface area contributed by atoms with Crippen LogP contribution in [0.15, 0.2) is 47.8 Å². The van der Waals surface area contributed by atoms with Gasteiger partial charge in [0.1, 0.15) is 12.4 Å². The molecule has 1 aromatic carbocycles. The maximum Gasteiger partial charge on any atom is 0.407 e. The summed E-state index contributed by atoms with van der Waals surface area (Å²) in [6.07, 6.45) is 1.65. The summed E-state index contributed by atoms with van der Waals surface area (Å²) in [4.78, 5) is 23.3. The van der Waals surface area contributed by atoms with Crippen LogP contribution >= 0.6 is 22.9 Å². The number of nitrogens with one attached hydrogen (secondary N) is 1. The molecule has 162 valence electrons. The zero-order valence-electron chi connectivity index (χ0n) is 17.4. The Labute approximate surface area is 191 Å². The van der Waals surface area contributed by atoms with Crippen LogP contribution in [-0.2, 0) is 11.3 Å². The van der Waals surface area contributed by atoms with E-state index in [9.17, 15) is 4.79 Å². The number of halogens is 1. The number of aromatic nitrogens is 2. The second-order valence-corrected chi connectivity index (χ2v) is 8.76. The predicted octanol–water partition coefficient (Wildman–Crippen LogP) is 5.49. The van der Waals surface area contributed by atoms with Crippen LogP contribution in [0, 0.1) is 0 Å². The van der Waals surface area contributed by atoms with Crippen molar-refractivity contribution in [1.29, 1.82) is 0 Å². The average molecular weight is 457 g/mol. The highest BCUT2D eigenvalue weighted by Gasteiger charge is 2.24. The van der Waals surface area contributed by atoms with E-state index in [1.165, 1.54) is 0 Å². The number of amides is 1. The maximum atomic E-state index is 11.5. The Kier molecular flexibility index (Phi) is 7.04. The Morgan fingerprint density at radius 1 is 1.19 bits per heavy atom. The van der Waals surface area contributed by atoms with Crippen molar-refractivity contribution in [3.05, 3.63) is 63.6 Å². The van der Waals surface area contributed by atoms with Gasteiger partial charge in [0, 0.05) is 41.5 Å². The van der Waals surface area contributed by atoms with Crippen molar-refractivity contribution in [1.82, 2.24) is 15.3 Å². The number of piperidine rings is 1. The van der Waals surface area contributed by atoms with Gasteiger partial charge in [-0.05, 0) is 44.0 Å². The highest BCUT2D eigenvalue weighted by molar-refractivity contribution is 7.09. The number of ether oxygens (including phenoxy) is 1. The fourth-order valence-electron chi connectivity index (χ4n) is 3.65. The molecule has 0 saturated carbocycles. The minimum atomic E-state index is -0.404. The fourth-order valence-corrected chi connectivity index (χ4v) is 4.75. The number of carbonyl (C=O) groups is 1. The van der Waals surface area contributed by atoms with Crippen molar-refractivity contribution in [3.8, 4) is 11.3 Å². The Morgan fingerprint density at radius 2 is 1.97 bits per heavy atom. The molecule has 3 aromatic rings. The monoisotopic (exact) mass is 456 g/mol. The first-order valence-electron chi connectivity index (χ1n) is 10.4. The molecule has 2 aromatic heterocycles. The molecule has 0 bridgehead atoms. The third-order valence-electron chi connectivity index (χ3n) is 5.28. The number of thiazole rings is 1. The van der Waals surface area contributed by atoms with Crippen LogP contribution in [0.2, 0.25) is 5.02 Å². The van der Waals surface area contributed by atoms with Crippen molar-refractivity contribution in [2.24, 2.45) is 0 Å². The Balaban J connectivity index is 1.34. The van der Waals surface area contributed by atoms with E-state index in [0.717, 1.165) is 58.7 Å². The van der Waals surface area contributed by atoms with Gasteiger partial charge < -0.3 is 15.0 Å². The van der Waals surface area contributed by atoms with Gasteiger partial charge in [-0.1, -0.05) is 29.8 Å². The van der Waals surface area contributed by atoms with Crippen LogP contribution in [0.25, 0.3) is 11.3 Å². The second-order valence-electron chi connectivity index (χ2n) is 7.43. The number of anilines is 1. The van der Waals surface area contributed by atoms with E-state index in [1.54, 1.807) is 11.3 Å². The molecule has 1 aliphatic rings. The highest BCUT2D eigenvalue weighted by Crippen LogP contribution is 2.32. The number of rotatable bonds is 6. The molecule has 0 unspecified atom stereocenters. The summed E-state index contributed by atoms with van der Waals surface area (Å²) in [5, 5.41) is 6.45. The van der Waals surface area contributed by atoms with Gasteiger partial charge in [0.05, 0.1) is 16.4 Å². The zero-order chi connectivity index (χ0) is 21.6. The molecule has 1 aliphatic heterocycles. The molecule has 0 aliphatic carbocycles. The van der Waals surface area contributed by atoms with E-state index in [4.69, 9.17) is 26.3 Å². The molecule has 1 fully saturated rings. The highest BCUT2D eigenvalue weighted by atomic mass is 35.5. The number of alkyl carbamates (subject to hydrolysis) is 1. The average Bonchev–Trinajstić information content (AvgIpc) is 3.28. The zero-order valence-corrected chi connectivity index (χ0v) is 19.0. The van der Waals surface area contributed by atoms with Crippen LogP contribution in [0.1, 0.15) is 36.4 Å². The van der Waals surface area contributed by atoms with Crippen LogP contribution in [0.4, 0.5) is 10.6 Å². The molecule has 3 heterocycles. The Hall–Kier alpha value is -2.64. The summed E-state index contributed by atoms with van der Waals surface area (Å²) in [6.45, 7) is 4.50. The molecule has 0 spiro atoms. The lowest BCUT2D eigenvalue weighted by molar-refractivity contribution is 0.139. The Bertz CT molecular complexity index is 1020. The van der Waals surface area contributed by atoms with Gasteiger partial charge in [0.15, 0.2) is 0 Å². The van der Waals surface area contributed by atoms with Gasteiger partial charge in [0.2, 0.25) is 0 Å². The van der Waals surface area contributed by atoms with E-state index >= 15 is 0 Å². The minimum Gasteiger partial charge on any atom is -0.443 e. The topological polar surface area (TPSA) is 67.3 Å². The van der Waals surface area contributed by atoms with Gasteiger partial charge in [0.25, 0.3) is 0 Å². The first-order valence-corrected chi connectivity index (χ1v) is 11.7. The molecule has 4 rings (SSSR count). The van der Waals surface area contributed by atoms with Crippen molar-refractivity contribution in [3.63, 3.8) is 0 Å².